The van der Waals surface area contributed by atoms with Crippen LogP contribution in [0.3, 0.4) is 0 Å². The normalized spacial score (nSPS) is 17.5. The van der Waals surface area contributed by atoms with E-state index in [1.165, 1.54) is 12.1 Å². The van der Waals surface area contributed by atoms with Crippen LogP contribution < -0.4 is 4.90 Å². The molecule has 25 heavy (non-hydrogen) atoms. The van der Waals surface area contributed by atoms with Crippen LogP contribution in [-0.4, -0.2) is 40.7 Å². The van der Waals surface area contributed by atoms with Crippen molar-refractivity contribution in [2.24, 2.45) is 0 Å². The lowest BCUT2D eigenvalue weighted by molar-refractivity contribution is -0.384. The van der Waals surface area contributed by atoms with Crippen molar-refractivity contribution in [2.75, 3.05) is 24.7 Å². The van der Waals surface area contributed by atoms with E-state index in [0.717, 1.165) is 36.5 Å². The summed E-state index contributed by atoms with van der Waals surface area (Å²) in [6, 6.07) is 8.71. The van der Waals surface area contributed by atoms with E-state index in [2.05, 4.69) is 23.7 Å². The highest BCUT2D eigenvalue weighted by Crippen LogP contribution is 2.25. The third kappa shape index (κ3) is 3.76. The second-order valence-electron chi connectivity index (χ2n) is 6.03. The van der Waals surface area contributed by atoms with E-state index in [1.54, 1.807) is 12.1 Å². The summed E-state index contributed by atoms with van der Waals surface area (Å²) in [5.41, 5.74) is 1.80. The Labute approximate surface area is 146 Å². The molecule has 0 amide bonds. The Morgan fingerprint density at radius 1 is 1.28 bits per heavy atom. The SMILES string of the molecule is CCc1cc(N2CCOCC2CC)nc(-c2ccc([N+](=O)[O-])cc2)n1. The van der Waals surface area contributed by atoms with Gasteiger partial charge in [-0.2, -0.15) is 0 Å². The van der Waals surface area contributed by atoms with Crippen molar-refractivity contribution in [3.63, 3.8) is 0 Å². The number of nitrogens with zero attached hydrogens (tertiary/aromatic N) is 4. The highest BCUT2D eigenvalue weighted by Gasteiger charge is 2.23. The predicted octanol–water partition coefficient (Wildman–Crippen LogP) is 3.23. The van der Waals surface area contributed by atoms with E-state index in [1.807, 2.05) is 6.07 Å². The molecular weight excluding hydrogens is 320 g/mol. The Morgan fingerprint density at radius 3 is 2.68 bits per heavy atom. The molecule has 2 heterocycles. The standard InChI is InChI=1S/C18H22N4O3/c1-3-14-11-17(21-9-10-25-12-15(21)4-2)20-18(19-14)13-5-7-16(8-6-13)22(23)24/h5-8,11,15H,3-4,9-10,12H2,1-2H3. The number of benzene rings is 1. The van der Waals surface area contributed by atoms with Crippen LogP contribution in [0.1, 0.15) is 26.0 Å². The first-order valence-corrected chi connectivity index (χ1v) is 8.59. The van der Waals surface area contributed by atoms with E-state index in [4.69, 9.17) is 9.72 Å². The zero-order valence-electron chi connectivity index (χ0n) is 14.5. The van der Waals surface area contributed by atoms with Crippen molar-refractivity contribution in [1.82, 2.24) is 9.97 Å². The topological polar surface area (TPSA) is 81.4 Å². The first kappa shape index (κ1) is 17.3. The summed E-state index contributed by atoms with van der Waals surface area (Å²) in [5.74, 6) is 1.50. The van der Waals surface area contributed by atoms with Gasteiger partial charge in [-0.05, 0) is 25.0 Å². The fourth-order valence-electron chi connectivity index (χ4n) is 2.97. The molecule has 0 bridgehead atoms. The van der Waals surface area contributed by atoms with Crippen LogP contribution >= 0.6 is 0 Å². The lowest BCUT2D eigenvalue weighted by Crippen LogP contribution is -2.45. The quantitative estimate of drug-likeness (QED) is 0.613. The predicted molar refractivity (Wildman–Crippen MR) is 95.7 cm³/mol. The van der Waals surface area contributed by atoms with Gasteiger partial charge in [-0.25, -0.2) is 9.97 Å². The molecular formula is C18H22N4O3. The van der Waals surface area contributed by atoms with Gasteiger partial charge in [0.2, 0.25) is 0 Å². The molecule has 7 nitrogen and oxygen atoms in total. The van der Waals surface area contributed by atoms with Gasteiger partial charge in [-0.3, -0.25) is 10.1 Å². The summed E-state index contributed by atoms with van der Waals surface area (Å²) in [6.07, 6.45) is 1.79. The zero-order valence-corrected chi connectivity index (χ0v) is 14.5. The van der Waals surface area contributed by atoms with E-state index in [0.29, 0.717) is 25.1 Å². The highest BCUT2D eigenvalue weighted by molar-refractivity contribution is 5.60. The number of rotatable bonds is 5. The lowest BCUT2D eigenvalue weighted by Gasteiger charge is -2.36. The van der Waals surface area contributed by atoms with Crippen molar-refractivity contribution in [3.8, 4) is 11.4 Å². The Morgan fingerprint density at radius 2 is 2.04 bits per heavy atom. The van der Waals surface area contributed by atoms with E-state index in [9.17, 15) is 10.1 Å². The number of hydrogen-bond donors (Lipinski definition) is 0. The molecule has 1 aromatic carbocycles. The maximum Gasteiger partial charge on any atom is 0.269 e. The largest absolute Gasteiger partial charge is 0.377 e. The molecule has 7 heteroatoms. The summed E-state index contributed by atoms with van der Waals surface area (Å²) in [5, 5.41) is 10.8. The van der Waals surface area contributed by atoms with Gasteiger partial charge in [0.05, 0.1) is 24.2 Å². The van der Waals surface area contributed by atoms with Crippen molar-refractivity contribution in [2.45, 2.75) is 32.7 Å². The first-order chi connectivity index (χ1) is 12.1. The zero-order chi connectivity index (χ0) is 17.8. The molecule has 3 rings (SSSR count). The van der Waals surface area contributed by atoms with Gasteiger partial charge in [0.15, 0.2) is 5.82 Å². The van der Waals surface area contributed by atoms with Gasteiger partial charge in [0.25, 0.3) is 5.69 Å². The van der Waals surface area contributed by atoms with Crippen molar-refractivity contribution in [1.29, 1.82) is 0 Å². The van der Waals surface area contributed by atoms with Gasteiger partial charge in [0.1, 0.15) is 5.82 Å². The van der Waals surface area contributed by atoms with Crippen LogP contribution in [0.15, 0.2) is 30.3 Å². The fraction of sp³-hybridized carbons (Fsp3) is 0.444. The van der Waals surface area contributed by atoms with E-state index < -0.39 is 4.92 Å². The number of morpholine rings is 1. The summed E-state index contributed by atoms with van der Waals surface area (Å²) in [4.78, 5) is 22.0. The summed E-state index contributed by atoms with van der Waals surface area (Å²) in [7, 11) is 0. The average Bonchev–Trinajstić information content (AvgIpc) is 2.67. The molecule has 1 aromatic heterocycles. The molecule has 0 spiro atoms. The van der Waals surface area contributed by atoms with Crippen LogP contribution in [0.5, 0.6) is 0 Å². The summed E-state index contributed by atoms with van der Waals surface area (Å²) >= 11 is 0. The number of anilines is 1. The third-order valence-electron chi connectivity index (χ3n) is 4.46. The van der Waals surface area contributed by atoms with Crippen LogP contribution in [0.4, 0.5) is 11.5 Å². The minimum atomic E-state index is -0.405. The maximum atomic E-state index is 10.8. The lowest BCUT2D eigenvalue weighted by atomic mass is 10.1. The number of nitro groups is 1. The van der Waals surface area contributed by atoms with Gasteiger partial charge in [-0.1, -0.05) is 13.8 Å². The van der Waals surface area contributed by atoms with Crippen LogP contribution in [0, 0.1) is 10.1 Å². The number of nitro benzene ring substituents is 1. The van der Waals surface area contributed by atoms with E-state index in [-0.39, 0.29) is 5.69 Å². The Bertz CT molecular complexity index is 748. The molecule has 1 atom stereocenters. The van der Waals surface area contributed by atoms with Crippen LogP contribution in [-0.2, 0) is 11.2 Å². The minimum absolute atomic E-state index is 0.0647. The van der Waals surface area contributed by atoms with Gasteiger partial charge < -0.3 is 9.64 Å². The average molecular weight is 342 g/mol. The summed E-state index contributed by atoms with van der Waals surface area (Å²) in [6.45, 7) is 6.40. The van der Waals surface area contributed by atoms with Gasteiger partial charge >= 0.3 is 0 Å². The van der Waals surface area contributed by atoms with Crippen molar-refractivity contribution < 1.29 is 9.66 Å². The molecule has 1 aliphatic heterocycles. The highest BCUT2D eigenvalue weighted by atomic mass is 16.6. The molecule has 0 aliphatic carbocycles. The fourth-order valence-corrected chi connectivity index (χ4v) is 2.97. The van der Waals surface area contributed by atoms with Crippen molar-refractivity contribution in [3.05, 3.63) is 46.1 Å². The molecule has 132 valence electrons. The number of hydrogen-bond acceptors (Lipinski definition) is 6. The number of aryl methyl sites for hydroxylation is 1. The van der Waals surface area contributed by atoms with E-state index >= 15 is 0 Å². The van der Waals surface area contributed by atoms with Gasteiger partial charge in [-0.15, -0.1) is 0 Å². The molecule has 1 fully saturated rings. The smallest absolute Gasteiger partial charge is 0.269 e. The second-order valence-corrected chi connectivity index (χ2v) is 6.03. The van der Waals surface area contributed by atoms with Crippen LogP contribution in [0.25, 0.3) is 11.4 Å². The molecule has 2 aromatic rings. The van der Waals surface area contributed by atoms with Gasteiger partial charge in [0, 0.05) is 36.0 Å². The molecule has 0 radical (unpaired) electrons. The molecule has 1 aliphatic rings. The maximum absolute atomic E-state index is 10.8. The number of aromatic nitrogens is 2. The Kier molecular flexibility index (Phi) is 5.23. The number of non-ortho nitro benzene ring substituents is 1. The minimum Gasteiger partial charge on any atom is -0.377 e. The van der Waals surface area contributed by atoms with Crippen molar-refractivity contribution >= 4 is 11.5 Å². The molecule has 0 saturated carbocycles. The number of ether oxygens (including phenoxy) is 1. The second kappa shape index (κ2) is 7.57. The Balaban J connectivity index is 1.98. The third-order valence-corrected chi connectivity index (χ3v) is 4.46. The van der Waals surface area contributed by atoms with Crippen LogP contribution in [0.2, 0.25) is 0 Å². The Hall–Kier alpha value is -2.54. The molecule has 0 N–H and O–H groups in total. The summed E-state index contributed by atoms with van der Waals surface area (Å²) < 4.78 is 5.58. The molecule has 1 unspecified atom stereocenters. The first-order valence-electron chi connectivity index (χ1n) is 8.59. The molecule has 1 saturated heterocycles. The monoisotopic (exact) mass is 342 g/mol.